The van der Waals surface area contributed by atoms with Gasteiger partial charge in [0.25, 0.3) is 0 Å². The zero-order valence-corrected chi connectivity index (χ0v) is 25.1. The predicted octanol–water partition coefficient (Wildman–Crippen LogP) is 1.49. The summed E-state index contributed by atoms with van der Waals surface area (Å²) in [6.45, 7) is 2.98. The molecule has 1 aromatic carbocycles. The number of carboxylic acid groups (broad SMARTS) is 2. The van der Waals surface area contributed by atoms with Crippen LogP contribution < -0.4 is 9.47 Å². The average molecular weight is 660 g/mol. The third-order valence-electron chi connectivity index (χ3n) is 8.57. The van der Waals surface area contributed by atoms with Gasteiger partial charge in [-0.1, -0.05) is 6.07 Å². The third kappa shape index (κ3) is 5.95. The molecule has 14 nitrogen and oxygen atoms in total. The largest absolute Gasteiger partial charge is 0.493 e. The molecule has 0 amide bonds. The van der Waals surface area contributed by atoms with E-state index in [1.54, 1.807) is 6.08 Å². The molecule has 0 aromatic heterocycles. The first-order valence-corrected chi connectivity index (χ1v) is 14.0. The number of alkyl halides is 3. The summed E-state index contributed by atoms with van der Waals surface area (Å²) in [5.74, 6) is -5.92. The van der Waals surface area contributed by atoms with Crippen molar-refractivity contribution in [1.82, 2.24) is 4.90 Å². The van der Waals surface area contributed by atoms with E-state index in [0.717, 1.165) is 18.1 Å². The number of hydrogen-bond donors (Lipinski definition) is 3. The lowest BCUT2D eigenvalue weighted by atomic mass is 9.50. The van der Waals surface area contributed by atoms with E-state index < -0.39 is 71.8 Å². The van der Waals surface area contributed by atoms with E-state index in [0.29, 0.717) is 30.9 Å². The number of carbonyl (C=O) groups excluding carboxylic acids is 3. The number of halogens is 3. The summed E-state index contributed by atoms with van der Waals surface area (Å²) >= 11 is 0. The number of rotatable bonds is 8. The first-order valence-electron chi connectivity index (χ1n) is 14.0. The van der Waals surface area contributed by atoms with Gasteiger partial charge in [0.2, 0.25) is 6.10 Å². The Morgan fingerprint density at radius 3 is 2.35 bits per heavy atom. The summed E-state index contributed by atoms with van der Waals surface area (Å²) in [6, 6.07) is 3.64. The monoisotopic (exact) mass is 659 g/mol. The number of likely N-dealkylation sites (tertiary alicyclic amines) is 1. The van der Waals surface area contributed by atoms with Crippen LogP contribution in [0.15, 0.2) is 24.0 Å². The summed E-state index contributed by atoms with van der Waals surface area (Å²) in [5.41, 5.74) is -0.150. The number of carboxylic acids is 2. The Hall–Kier alpha value is -4.38. The van der Waals surface area contributed by atoms with Crippen molar-refractivity contribution in [2.24, 2.45) is 0 Å². The summed E-state index contributed by atoms with van der Waals surface area (Å²) < 4.78 is 59.3. The summed E-state index contributed by atoms with van der Waals surface area (Å²) in [7, 11) is 3.52. The van der Waals surface area contributed by atoms with Crippen LogP contribution in [-0.2, 0) is 50.0 Å². The molecule has 1 spiro atoms. The van der Waals surface area contributed by atoms with E-state index in [-0.39, 0.29) is 18.2 Å². The van der Waals surface area contributed by atoms with Crippen LogP contribution in [0.2, 0.25) is 0 Å². The number of ether oxygens (including phenoxy) is 5. The minimum absolute atomic E-state index is 0.176. The summed E-state index contributed by atoms with van der Waals surface area (Å²) in [4.78, 5) is 58.9. The van der Waals surface area contributed by atoms with E-state index in [1.807, 2.05) is 19.2 Å². The Morgan fingerprint density at radius 2 is 1.78 bits per heavy atom. The minimum atomic E-state index is -5.08. The molecule has 1 aromatic rings. The van der Waals surface area contributed by atoms with Gasteiger partial charge in [-0.25, -0.2) is 14.4 Å². The van der Waals surface area contributed by atoms with Crippen LogP contribution in [0, 0.1) is 0 Å². The minimum Gasteiger partial charge on any atom is -0.493 e. The normalized spacial score (nSPS) is 26.8. The highest BCUT2D eigenvalue weighted by atomic mass is 19.4. The molecule has 17 heteroatoms. The number of piperidine rings is 1. The molecule has 2 unspecified atom stereocenters. The second-order valence-electron chi connectivity index (χ2n) is 11.3. The van der Waals surface area contributed by atoms with Gasteiger partial charge >= 0.3 is 36.0 Å². The Morgan fingerprint density at radius 1 is 1.13 bits per heavy atom. The molecule has 3 N–H and O–H groups in total. The van der Waals surface area contributed by atoms with Crippen LogP contribution >= 0.6 is 0 Å². The van der Waals surface area contributed by atoms with Crippen molar-refractivity contribution < 1.29 is 76.1 Å². The highest BCUT2D eigenvalue weighted by molar-refractivity contribution is 5.86. The van der Waals surface area contributed by atoms with Crippen molar-refractivity contribution in [2.75, 3.05) is 20.7 Å². The van der Waals surface area contributed by atoms with Crippen LogP contribution in [0.3, 0.4) is 0 Å². The van der Waals surface area contributed by atoms with Crippen LogP contribution in [0.5, 0.6) is 11.5 Å². The zero-order valence-electron chi connectivity index (χ0n) is 25.1. The number of hydrogen-bond acceptors (Lipinski definition) is 12. The fraction of sp³-hybridized carbons (Fsp3) is 0.552. The van der Waals surface area contributed by atoms with Gasteiger partial charge in [-0.2, -0.15) is 13.2 Å². The van der Waals surface area contributed by atoms with Crippen molar-refractivity contribution in [1.29, 1.82) is 0 Å². The Labute approximate surface area is 259 Å². The van der Waals surface area contributed by atoms with Crippen molar-refractivity contribution in [3.63, 3.8) is 0 Å². The maximum Gasteiger partial charge on any atom is 0.490 e. The first kappa shape index (κ1) is 34.5. The van der Waals surface area contributed by atoms with Crippen LogP contribution in [0.25, 0.3) is 0 Å². The zero-order chi connectivity index (χ0) is 34.4. The molecule has 2 aliphatic heterocycles. The van der Waals surface area contributed by atoms with Gasteiger partial charge < -0.3 is 43.9 Å². The fourth-order valence-corrected chi connectivity index (χ4v) is 6.62. The molecule has 1 fully saturated rings. The topological polar surface area (TPSA) is 195 Å². The highest BCUT2D eigenvalue weighted by Crippen LogP contribution is 2.65. The van der Waals surface area contributed by atoms with Gasteiger partial charge in [0.05, 0.1) is 24.5 Å². The van der Waals surface area contributed by atoms with E-state index in [4.69, 9.17) is 38.7 Å². The molecular formula is C29H32F3NO13. The number of carbonyl (C=O) groups is 5. The standard InChI is InChI=1S/C27H31NO11.C2HF3O2/c1-13(36-25(33)18(12-20(30)31)37-14(2)29)24(32)38-17-7-8-27(34)19-11-15-5-6-16(35-4)22-21(15)26(27,23(17)39-22)9-10-28(19)3;3-2(4,5)1(6)7/h5-7,13,18-19,23,34H,8-12H2,1-4H3,(H,30,31);(H,6,7)/t13?,18?,19-,23+,26+,27-;/m1./s1. The van der Waals surface area contributed by atoms with E-state index in [1.165, 1.54) is 14.0 Å². The van der Waals surface area contributed by atoms with Crippen molar-refractivity contribution >= 4 is 29.8 Å². The predicted molar refractivity (Wildman–Crippen MR) is 145 cm³/mol. The number of aliphatic hydroxyl groups is 1. The molecule has 4 aliphatic rings. The van der Waals surface area contributed by atoms with E-state index in [2.05, 4.69) is 4.90 Å². The van der Waals surface area contributed by atoms with Gasteiger partial charge in [0.15, 0.2) is 23.7 Å². The van der Waals surface area contributed by atoms with Crippen molar-refractivity contribution in [3.8, 4) is 11.5 Å². The summed E-state index contributed by atoms with van der Waals surface area (Å²) in [5, 5.41) is 28.4. The SMILES string of the molecule is COc1ccc2c3c1O[C@H]1C(OC(=O)C(C)OC(=O)C(CC(=O)O)OC(C)=O)=CC[C@@]4(O)[C@@H](C2)N(C)CC[C@]314.O=C(O)C(F)(F)F. The molecule has 2 heterocycles. The van der Waals surface area contributed by atoms with Crippen molar-refractivity contribution in [3.05, 3.63) is 35.1 Å². The Bertz CT molecular complexity index is 1460. The lowest BCUT2D eigenvalue weighted by Gasteiger charge is -2.61. The lowest BCUT2D eigenvalue weighted by molar-refractivity contribution is -0.192. The third-order valence-corrected chi connectivity index (χ3v) is 8.57. The maximum atomic E-state index is 13.0. The van der Waals surface area contributed by atoms with Crippen molar-refractivity contribution in [2.45, 2.75) is 81.1 Å². The number of benzene rings is 1. The van der Waals surface area contributed by atoms with Gasteiger partial charge in [-0.3, -0.25) is 9.59 Å². The highest BCUT2D eigenvalue weighted by Gasteiger charge is 2.72. The smallest absolute Gasteiger partial charge is 0.490 e. The van der Waals surface area contributed by atoms with Crippen LogP contribution in [-0.4, -0.2) is 107 Å². The molecule has 252 valence electrons. The average Bonchev–Trinajstić information content (AvgIpc) is 3.31. The van der Waals surface area contributed by atoms with Gasteiger partial charge in [0.1, 0.15) is 5.76 Å². The molecule has 6 atom stereocenters. The quantitative estimate of drug-likeness (QED) is 0.268. The number of aliphatic carboxylic acids is 2. The molecule has 0 radical (unpaired) electrons. The van der Waals surface area contributed by atoms with E-state index >= 15 is 0 Å². The Balaban J connectivity index is 0.000000617. The molecule has 2 bridgehead atoms. The number of likely N-dealkylation sites (N-methyl/N-ethyl adjacent to an activating group) is 1. The molecule has 0 saturated carbocycles. The Kier molecular flexibility index (Phi) is 9.32. The van der Waals surface area contributed by atoms with E-state index in [9.17, 15) is 37.5 Å². The number of methoxy groups -OCH3 is 1. The van der Waals surface area contributed by atoms with Gasteiger partial charge in [0, 0.05) is 24.9 Å². The molecule has 5 rings (SSSR count). The van der Waals surface area contributed by atoms with Crippen LogP contribution in [0.4, 0.5) is 13.2 Å². The van der Waals surface area contributed by atoms with Gasteiger partial charge in [-0.05, 0) is 51.1 Å². The molecule has 46 heavy (non-hydrogen) atoms. The van der Waals surface area contributed by atoms with Crippen LogP contribution in [0.1, 0.15) is 44.2 Å². The van der Waals surface area contributed by atoms with Gasteiger partial charge in [-0.15, -0.1) is 0 Å². The second kappa shape index (κ2) is 12.4. The summed E-state index contributed by atoms with van der Waals surface area (Å²) in [6.07, 6.45) is -6.87. The maximum absolute atomic E-state index is 13.0. The lowest BCUT2D eigenvalue weighted by Crippen LogP contribution is -2.74. The molecule has 2 aliphatic carbocycles. The number of nitrogens with zero attached hydrogens (tertiary/aromatic N) is 1. The second-order valence-corrected chi connectivity index (χ2v) is 11.3. The number of esters is 3. The molecular weight excluding hydrogens is 627 g/mol. The first-order chi connectivity index (χ1) is 21.4. The molecule has 1 saturated heterocycles. The fourth-order valence-electron chi connectivity index (χ4n) is 6.62.